The monoisotopic (exact) mass is 442 g/mol. The lowest BCUT2D eigenvalue weighted by Gasteiger charge is -2.28. The van der Waals surface area contributed by atoms with E-state index in [2.05, 4.69) is 5.32 Å². The first kappa shape index (κ1) is 22.5. The first-order valence-electron chi connectivity index (χ1n) is 9.32. The van der Waals surface area contributed by atoms with Crippen molar-refractivity contribution < 1.29 is 38.1 Å². The van der Waals surface area contributed by atoms with E-state index in [1.165, 1.54) is 47.7 Å². The van der Waals surface area contributed by atoms with E-state index in [0.29, 0.717) is 17.1 Å². The molecule has 10 heteroatoms. The number of hydrogen-bond acceptors (Lipinski definition) is 8. The van der Waals surface area contributed by atoms with Gasteiger partial charge in [-0.2, -0.15) is 0 Å². The van der Waals surface area contributed by atoms with Crippen molar-refractivity contribution in [1.29, 1.82) is 0 Å². The number of ether oxygens (including phenoxy) is 5. The van der Waals surface area contributed by atoms with Crippen molar-refractivity contribution >= 4 is 29.6 Å². The molecule has 2 aromatic carbocycles. The van der Waals surface area contributed by atoms with Gasteiger partial charge in [0.1, 0.15) is 17.1 Å². The molecule has 4 amide bonds. The van der Waals surface area contributed by atoms with Gasteiger partial charge in [-0.05, 0) is 30.3 Å². The SMILES string of the molecule is COc1ccc(OC)c(N2C(=O)NC(=O)C(=Cc3ccc(OC)c(OC)c3OC)C2=O)c1. The molecule has 0 aliphatic carbocycles. The third kappa shape index (κ3) is 3.89. The maximum atomic E-state index is 13.3. The van der Waals surface area contributed by atoms with Crippen LogP contribution < -0.4 is 33.9 Å². The standard InChI is InChI=1S/C22H22N2O8/c1-28-13-7-9-16(29-2)15(11-13)24-21(26)14(20(25)23-22(24)27)10-12-6-8-17(30-3)19(32-5)18(12)31-4/h6-11H,1-5H3,(H,23,25,27). The van der Waals surface area contributed by atoms with E-state index in [-0.39, 0.29) is 28.5 Å². The molecule has 1 heterocycles. The van der Waals surface area contributed by atoms with Gasteiger partial charge in [0.05, 0.1) is 41.2 Å². The second-order valence-corrected chi connectivity index (χ2v) is 6.42. The summed E-state index contributed by atoms with van der Waals surface area (Å²) in [6, 6.07) is 6.91. The van der Waals surface area contributed by atoms with Gasteiger partial charge in [-0.15, -0.1) is 0 Å². The van der Waals surface area contributed by atoms with Gasteiger partial charge >= 0.3 is 6.03 Å². The average molecular weight is 442 g/mol. The van der Waals surface area contributed by atoms with Crippen molar-refractivity contribution in [2.45, 2.75) is 0 Å². The Hall–Kier alpha value is -4.21. The maximum absolute atomic E-state index is 13.3. The van der Waals surface area contributed by atoms with Gasteiger partial charge in [0.15, 0.2) is 11.5 Å². The van der Waals surface area contributed by atoms with E-state index in [9.17, 15) is 14.4 Å². The minimum absolute atomic E-state index is 0.118. The number of barbiturate groups is 1. The number of amides is 4. The van der Waals surface area contributed by atoms with Crippen molar-refractivity contribution in [1.82, 2.24) is 5.32 Å². The Balaban J connectivity index is 2.14. The summed E-state index contributed by atoms with van der Waals surface area (Å²) in [5, 5.41) is 2.17. The van der Waals surface area contributed by atoms with Crippen LogP contribution in [0.25, 0.3) is 6.08 Å². The van der Waals surface area contributed by atoms with Gasteiger partial charge in [-0.3, -0.25) is 14.9 Å². The van der Waals surface area contributed by atoms with Crippen LogP contribution in [-0.4, -0.2) is 53.4 Å². The summed E-state index contributed by atoms with van der Waals surface area (Å²) in [5.41, 5.74) is 0.197. The van der Waals surface area contributed by atoms with Crippen molar-refractivity contribution in [3.63, 3.8) is 0 Å². The molecule has 0 saturated carbocycles. The van der Waals surface area contributed by atoms with Crippen LogP contribution in [0.1, 0.15) is 5.56 Å². The van der Waals surface area contributed by atoms with E-state index < -0.39 is 17.8 Å². The van der Waals surface area contributed by atoms with Gasteiger partial charge in [0.25, 0.3) is 11.8 Å². The molecule has 0 bridgehead atoms. The Morgan fingerprint density at radius 3 is 2.03 bits per heavy atom. The van der Waals surface area contributed by atoms with Crippen LogP contribution in [0.3, 0.4) is 0 Å². The van der Waals surface area contributed by atoms with Gasteiger partial charge < -0.3 is 23.7 Å². The first-order chi connectivity index (χ1) is 15.4. The molecule has 0 unspecified atom stereocenters. The van der Waals surface area contributed by atoms with Gasteiger partial charge in [-0.25, -0.2) is 9.69 Å². The Labute approximate surface area is 184 Å². The highest BCUT2D eigenvalue weighted by Gasteiger charge is 2.38. The molecule has 1 N–H and O–H groups in total. The fraction of sp³-hybridized carbons (Fsp3) is 0.227. The second kappa shape index (κ2) is 9.29. The maximum Gasteiger partial charge on any atom is 0.336 e. The summed E-state index contributed by atoms with van der Waals surface area (Å²) in [6.45, 7) is 0. The molecule has 3 rings (SSSR count). The minimum atomic E-state index is -0.914. The molecular weight excluding hydrogens is 420 g/mol. The van der Waals surface area contributed by atoms with E-state index >= 15 is 0 Å². The first-order valence-corrected chi connectivity index (χ1v) is 9.32. The van der Waals surface area contributed by atoms with Crippen LogP contribution >= 0.6 is 0 Å². The fourth-order valence-electron chi connectivity index (χ4n) is 3.24. The number of anilines is 1. The van der Waals surface area contributed by atoms with Crippen LogP contribution in [0.5, 0.6) is 28.7 Å². The van der Waals surface area contributed by atoms with Gasteiger partial charge in [0.2, 0.25) is 5.75 Å². The molecule has 0 aromatic heterocycles. The number of carbonyl (C=O) groups is 3. The fourth-order valence-corrected chi connectivity index (χ4v) is 3.24. The summed E-state index contributed by atoms with van der Waals surface area (Å²) in [7, 11) is 7.17. The number of rotatable bonds is 7. The third-order valence-electron chi connectivity index (χ3n) is 4.76. The lowest BCUT2D eigenvalue weighted by molar-refractivity contribution is -0.122. The quantitative estimate of drug-likeness (QED) is 0.514. The number of carbonyl (C=O) groups excluding carboxylic acids is 3. The summed E-state index contributed by atoms with van der Waals surface area (Å²) in [6.07, 6.45) is 1.31. The summed E-state index contributed by atoms with van der Waals surface area (Å²) in [4.78, 5) is 39.2. The van der Waals surface area contributed by atoms with E-state index in [0.717, 1.165) is 4.90 Å². The predicted molar refractivity (Wildman–Crippen MR) is 115 cm³/mol. The lowest BCUT2D eigenvalue weighted by Crippen LogP contribution is -2.54. The minimum Gasteiger partial charge on any atom is -0.497 e. The molecule has 1 aliphatic heterocycles. The molecule has 10 nitrogen and oxygen atoms in total. The zero-order valence-electron chi connectivity index (χ0n) is 18.2. The van der Waals surface area contributed by atoms with Crippen LogP contribution in [0, 0.1) is 0 Å². The highest BCUT2D eigenvalue weighted by molar-refractivity contribution is 6.39. The lowest BCUT2D eigenvalue weighted by atomic mass is 10.0. The number of imide groups is 2. The Morgan fingerprint density at radius 2 is 1.44 bits per heavy atom. The van der Waals surface area contributed by atoms with Gasteiger partial charge in [-0.1, -0.05) is 0 Å². The summed E-state index contributed by atoms with van der Waals surface area (Å²) in [5.74, 6) is -0.115. The summed E-state index contributed by atoms with van der Waals surface area (Å²) < 4.78 is 26.5. The zero-order valence-corrected chi connectivity index (χ0v) is 18.2. The normalized spacial score (nSPS) is 14.8. The Bertz CT molecular complexity index is 1110. The van der Waals surface area contributed by atoms with Crippen LogP contribution in [0.15, 0.2) is 35.9 Å². The topological polar surface area (TPSA) is 113 Å². The smallest absolute Gasteiger partial charge is 0.336 e. The van der Waals surface area contributed by atoms with Crippen molar-refractivity contribution in [2.75, 3.05) is 40.4 Å². The number of nitrogens with zero attached hydrogens (tertiary/aromatic N) is 1. The molecular formula is C22H22N2O8. The number of benzene rings is 2. The molecule has 1 saturated heterocycles. The number of urea groups is 1. The zero-order chi connectivity index (χ0) is 23.4. The molecule has 168 valence electrons. The highest BCUT2D eigenvalue weighted by atomic mass is 16.5. The summed E-state index contributed by atoms with van der Waals surface area (Å²) >= 11 is 0. The molecule has 2 aromatic rings. The van der Waals surface area contributed by atoms with Gasteiger partial charge in [0, 0.05) is 11.6 Å². The molecule has 0 atom stereocenters. The van der Waals surface area contributed by atoms with Crippen molar-refractivity contribution in [2.24, 2.45) is 0 Å². The van der Waals surface area contributed by atoms with E-state index in [1.54, 1.807) is 24.3 Å². The molecule has 1 aliphatic rings. The predicted octanol–water partition coefficient (Wildman–Crippen LogP) is 2.40. The van der Waals surface area contributed by atoms with Crippen molar-refractivity contribution in [3.05, 3.63) is 41.5 Å². The third-order valence-corrected chi connectivity index (χ3v) is 4.76. The molecule has 0 spiro atoms. The molecule has 0 radical (unpaired) electrons. The number of nitrogens with one attached hydrogen (secondary N) is 1. The molecule has 1 fully saturated rings. The van der Waals surface area contributed by atoms with Crippen molar-refractivity contribution in [3.8, 4) is 28.7 Å². The van der Waals surface area contributed by atoms with Crippen LogP contribution in [0.2, 0.25) is 0 Å². The average Bonchev–Trinajstić information content (AvgIpc) is 2.80. The Kier molecular flexibility index (Phi) is 6.53. The van der Waals surface area contributed by atoms with E-state index in [1.807, 2.05) is 0 Å². The second-order valence-electron chi connectivity index (χ2n) is 6.42. The van der Waals surface area contributed by atoms with Crippen LogP contribution in [0.4, 0.5) is 10.5 Å². The number of methoxy groups -OCH3 is 5. The van der Waals surface area contributed by atoms with Crippen LogP contribution in [-0.2, 0) is 9.59 Å². The number of hydrogen-bond donors (Lipinski definition) is 1. The Morgan fingerprint density at radius 1 is 0.781 bits per heavy atom. The molecule has 32 heavy (non-hydrogen) atoms. The van der Waals surface area contributed by atoms with E-state index in [4.69, 9.17) is 23.7 Å². The highest BCUT2D eigenvalue weighted by Crippen LogP contribution is 2.41. The largest absolute Gasteiger partial charge is 0.497 e.